The van der Waals surface area contributed by atoms with Crippen molar-refractivity contribution < 1.29 is 4.79 Å². The topological polar surface area (TPSA) is 70.2 Å². The van der Waals surface area contributed by atoms with Gasteiger partial charge in [0, 0.05) is 46.8 Å². The molecule has 1 amide bonds. The lowest BCUT2D eigenvalue weighted by Gasteiger charge is -2.30. The predicted molar refractivity (Wildman–Crippen MR) is 120 cm³/mol. The molecular formula is C20H25Br2N5O. The van der Waals surface area contributed by atoms with E-state index in [4.69, 9.17) is 0 Å². The van der Waals surface area contributed by atoms with E-state index in [1.54, 1.807) is 0 Å². The fourth-order valence-electron chi connectivity index (χ4n) is 3.40. The maximum atomic E-state index is 12.5. The van der Waals surface area contributed by atoms with Crippen LogP contribution in [0.15, 0.2) is 33.2 Å². The van der Waals surface area contributed by atoms with Gasteiger partial charge in [-0.15, -0.1) is 0 Å². The minimum Gasteiger partial charge on any atom is -0.367 e. The molecule has 0 spiro atoms. The van der Waals surface area contributed by atoms with Crippen molar-refractivity contribution in [2.75, 3.05) is 24.3 Å². The highest BCUT2D eigenvalue weighted by atomic mass is 79.9. The number of nitrogens with one attached hydrogen (secondary N) is 2. The van der Waals surface area contributed by atoms with Crippen molar-refractivity contribution in [3.63, 3.8) is 0 Å². The first-order valence-electron chi connectivity index (χ1n) is 9.36. The number of carbonyl (C=O) groups is 1. The van der Waals surface area contributed by atoms with Gasteiger partial charge in [-0.25, -0.2) is 9.97 Å². The molecule has 1 fully saturated rings. The van der Waals surface area contributed by atoms with Gasteiger partial charge in [0.05, 0.1) is 0 Å². The number of amides is 1. The largest absolute Gasteiger partial charge is 0.367 e. The van der Waals surface area contributed by atoms with Gasteiger partial charge in [0.2, 0.25) is 0 Å². The van der Waals surface area contributed by atoms with Crippen LogP contribution in [0.3, 0.4) is 0 Å². The summed E-state index contributed by atoms with van der Waals surface area (Å²) in [6.07, 6.45) is 3.88. The quantitative estimate of drug-likeness (QED) is 0.618. The second-order valence-corrected chi connectivity index (χ2v) is 9.21. The Morgan fingerprint density at radius 2 is 1.61 bits per heavy atom. The number of aryl methyl sites for hydroxylation is 1. The zero-order valence-electron chi connectivity index (χ0n) is 16.3. The highest BCUT2D eigenvalue weighted by Gasteiger charge is 2.23. The van der Waals surface area contributed by atoms with E-state index >= 15 is 0 Å². The van der Waals surface area contributed by atoms with E-state index < -0.39 is 0 Å². The van der Waals surface area contributed by atoms with Crippen LogP contribution in [0.25, 0.3) is 0 Å². The second-order valence-electron chi connectivity index (χ2n) is 7.38. The number of hydrogen-bond acceptors (Lipinski definition) is 5. The summed E-state index contributed by atoms with van der Waals surface area (Å²) in [5.41, 5.74) is 0.661. The summed E-state index contributed by atoms with van der Waals surface area (Å²) in [7, 11) is 3.95. The van der Waals surface area contributed by atoms with Crippen LogP contribution < -0.4 is 15.5 Å². The second kappa shape index (κ2) is 9.22. The van der Waals surface area contributed by atoms with Crippen LogP contribution in [-0.2, 0) is 0 Å². The smallest absolute Gasteiger partial charge is 0.251 e. The standard InChI is InChI=1S/C20H25Br2N5O/c1-12-23-18(11-19(24-12)27(2)3)25-16-4-6-17(7-5-16)26-20(28)13-8-14(21)10-15(22)9-13/h8-11,16-17H,4-7H2,1-3H3,(H,26,28)(H,23,24,25). The molecule has 1 aromatic heterocycles. The molecule has 150 valence electrons. The third kappa shape index (κ3) is 5.67. The van der Waals surface area contributed by atoms with E-state index in [2.05, 4.69) is 52.5 Å². The third-order valence-electron chi connectivity index (χ3n) is 4.82. The lowest BCUT2D eigenvalue weighted by atomic mass is 9.91. The Balaban J connectivity index is 1.54. The Morgan fingerprint density at radius 1 is 1.00 bits per heavy atom. The minimum absolute atomic E-state index is 0.0274. The highest BCUT2D eigenvalue weighted by molar-refractivity contribution is 9.11. The first kappa shape index (κ1) is 21.0. The lowest BCUT2D eigenvalue weighted by molar-refractivity contribution is 0.0926. The molecule has 0 bridgehead atoms. The molecule has 6 nitrogen and oxygen atoms in total. The summed E-state index contributed by atoms with van der Waals surface area (Å²) in [6.45, 7) is 1.91. The SMILES string of the molecule is Cc1nc(NC2CCC(NC(=O)c3cc(Br)cc(Br)c3)CC2)cc(N(C)C)n1. The summed E-state index contributed by atoms with van der Waals surface area (Å²) >= 11 is 6.87. The Bertz CT molecular complexity index is 830. The van der Waals surface area contributed by atoms with Crippen molar-refractivity contribution in [3.05, 3.63) is 44.6 Å². The van der Waals surface area contributed by atoms with Gasteiger partial charge in [-0.05, 0) is 50.8 Å². The number of anilines is 2. The maximum absolute atomic E-state index is 12.5. The molecule has 0 unspecified atom stereocenters. The van der Waals surface area contributed by atoms with E-state index in [-0.39, 0.29) is 11.9 Å². The fraction of sp³-hybridized carbons (Fsp3) is 0.450. The monoisotopic (exact) mass is 509 g/mol. The number of aromatic nitrogens is 2. The minimum atomic E-state index is -0.0274. The number of rotatable bonds is 5. The Morgan fingerprint density at radius 3 is 2.21 bits per heavy atom. The van der Waals surface area contributed by atoms with Gasteiger partial charge in [0.25, 0.3) is 5.91 Å². The molecule has 0 radical (unpaired) electrons. The molecule has 28 heavy (non-hydrogen) atoms. The fourth-order valence-corrected chi connectivity index (χ4v) is 4.69. The van der Waals surface area contributed by atoms with Crippen molar-refractivity contribution in [2.45, 2.75) is 44.7 Å². The van der Waals surface area contributed by atoms with Gasteiger partial charge >= 0.3 is 0 Å². The van der Waals surface area contributed by atoms with Crippen LogP contribution >= 0.6 is 31.9 Å². The number of halogens is 2. The number of hydrogen-bond donors (Lipinski definition) is 2. The van der Waals surface area contributed by atoms with Crippen LogP contribution in [0, 0.1) is 6.92 Å². The molecular weight excluding hydrogens is 486 g/mol. The molecule has 1 saturated carbocycles. The first-order valence-corrected chi connectivity index (χ1v) is 11.0. The summed E-state index contributed by atoms with van der Waals surface area (Å²) in [5.74, 6) is 2.49. The van der Waals surface area contributed by atoms with E-state index in [9.17, 15) is 4.79 Å². The van der Waals surface area contributed by atoms with Crippen molar-refractivity contribution in [3.8, 4) is 0 Å². The summed E-state index contributed by atoms with van der Waals surface area (Å²) in [5, 5.41) is 6.70. The lowest BCUT2D eigenvalue weighted by Crippen LogP contribution is -2.40. The Kier molecular flexibility index (Phi) is 6.93. The van der Waals surface area contributed by atoms with Crippen molar-refractivity contribution in [1.82, 2.24) is 15.3 Å². The summed E-state index contributed by atoms with van der Waals surface area (Å²) in [4.78, 5) is 23.5. The van der Waals surface area contributed by atoms with Crippen molar-refractivity contribution in [2.24, 2.45) is 0 Å². The van der Waals surface area contributed by atoms with Gasteiger partial charge in [-0.2, -0.15) is 0 Å². The molecule has 8 heteroatoms. The third-order valence-corrected chi connectivity index (χ3v) is 5.74. The normalized spacial score (nSPS) is 19.2. The van der Waals surface area contributed by atoms with E-state index in [1.165, 1.54) is 0 Å². The summed E-state index contributed by atoms with van der Waals surface area (Å²) in [6, 6.07) is 8.14. The van der Waals surface area contributed by atoms with E-state index in [0.29, 0.717) is 11.6 Å². The van der Waals surface area contributed by atoms with Gasteiger partial charge < -0.3 is 15.5 Å². The van der Waals surface area contributed by atoms with Gasteiger partial charge in [-0.3, -0.25) is 4.79 Å². The molecule has 0 saturated heterocycles. The molecule has 1 aliphatic carbocycles. The molecule has 1 aromatic carbocycles. The van der Waals surface area contributed by atoms with Crippen molar-refractivity contribution in [1.29, 1.82) is 0 Å². The zero-order chi connectivity index (χ0) is 20.3. The van der Waals surface area contributed by atoms with E-state index in [0.717, 1.165) is 52.1 Å². The molecule has 0 aliphatic heterocycles. The van der Waals surface area contributed by atoms with Gasteiger partial charge in [-0.1, -0.05) is 31.9 Å². The number of carbonyl (C=O) groups excluding carboxylic acids is 1. The predicted octanol–water partition coefficient (Wildman–Crippen LogP) is 4.53. The van der Waals surface area contributed by atoms with Gasteiger partial charge in [0.1, 0.15) is 17.5 Å². The number of benzene rings is 1. The van der Waals surface area contributed by atoms with Crippen LogP contribution in [0.4, 0.5) is 11.6 Å². The Labute approximate surface area is 182 Å². The highest BCUT2D eigenvalue weighted by Crippen LogP contribution is 2.24. The van der Waals surface area contributed by atoms with Gasteiger partial charge in [0.15, 0.2) is 0 Å². The number of nitrogens with zero attached hydrogens (tertiary/aromatic N) is 3. The average molecular weight is 511 g/mol. The molecule has 1 heterocycles. The van der Waals surface area contributed by atoms with Crippen LogP contribution in [-0.4, -0.2) is 42.1 Å². The zero-order valence-corrected chi connectivity index (χ0v) is 19.5. The van der Waals surface area contributed by atoms with Crippen LogP contribution in [0.5, 0.6) is 0 Å². The molecule has 2 aromatic rings. The molecule has 3 rings (SSSR count). The first-order chi connectivity index (χ1) is 13.3. The summed E-state index contributed by atoms with van der Waals surface area (Å²) < 4.78 is 1.77. The Hall–Kier alpha value is -1.67. The van der Waals surface area contributed by atoms with Crippen LogP contribution in [0.1, 0.15) is 41.9 Å². The van der Waals surface area contributed by atoms with E-state index in [1.807, 2.05) is 50.2 Å². The molecule has 1 aliphatic rings. The maximum Gasteiger partial charge on any atom is 0.251 e. The molecule has 2 N–H and O–H groups in total. The average Bonchev–Trinajstić information content (AvgIpc) is 2.62. The van der Waals surface area contributed by atoms with Crippen LogP contribution in [0.2, 0.25) is 0 Å². The van der Waals surface area contributed by atoms with Crippen molar-refractivity contribution >= 4 is 49.4 Å². The molecule has 0 atom stereocenters.